The fourth-order valence-electron chi connectivity index (χ4n) is 2.49. The number of pyridine rings is 1. The number of aromatic nitrogens is 1. The van der Waals surface area contributed by atoms with Crippen molar-refractivity contribution in [3.05, 3.63) is 23.5 Å². The molecule has 2 unspecified atom stereocenters. The molecular formula is C13H19ClN2O2S. The Morgan fingerprint density at radius 3 is 2.79 bits per heavy atom. The SMILES string of the molecule is CC1CCCCCC1NS(=O)(=O)c1cnccc1Cl. The van der Waals surface area contributed by atoms with Crippen molar-refractivity contribution in [2.24, 2.45) is 5.92 Å². The van der Waals surface area contributed by atoms with Crippen LogP contribution in [-0.2, 0) is 10.0 Å². The van der Waals surface area contributed by atoms with Gasteiger partial charge >= 0.3 is 0 Å². The Labute approximate surface area is 119 Å². The van der Waals surface area contributed by atoms with Crippen LogP contribution in [0.5, 0.6) is 0 Å². The van der Waals surface area contributed by atoms with Crippen molar-refractivity contribution in [3.63, 3.8) is 0 Å². The highest BCUT2D eigenvalue weighted by Crippen LogP contribution is 2.26. The summed E-state index contributed by atoms with van der Waals surface area (Å²) >= 11 is 5.94. The molecule has 2 rings (SSSR count). The normalized spacial score (nSPS) is 24.9. The van der Waals surface area contributed by atoms with E-state index in [1.54, 1.807) is 0 Å². The van der Waals surface area contributed by atoms with E-state index in [9.17, 15) is 8.42 Å². The van der Waals surface area contributed by atoms with E-state index in [1.807, 2.05) is 0 Å². The van der Waals surface area contributed by atoms with E-state index in [2.05, 4.69) is 16.6 Å². The average Bonchev–Trinajstić information content (AvgIpc) is 2.55. The van der Waals surface area contributed by atoms with Crippen molar-refractivity contribution in [2.75, 3.05) is 0 Å². The molecule has 1 heterocycles. The largest absolute Gasteiger partial charge is 0.263 e. The van der Waals surface area contributed by atoms with Gasteiger partial charge in [0.15, 0.2) is 0 Å². The predicted molar refractivity (Wildman–Crippen MR) is 75.6 cm³/mol. The molecule has 0 aliphatic heterocycles. The molecular weight excluding hydrogens is 284 g/mol. The Balaban J connectivity index is 2.19. The Morgan fingerprint density at radius 2 is 2.05 bits per heavy atom. The van der Waals surface area contributed by atoms with Gasteiger partial charge in [-0.1, -0.05) is 37.8 Å². The third-order valence-corrected chi connectivity index (χ3v) is 5.65. The number of rotatable bonds is 3. The van der Waals surface area contributed by atoms with Crippen molar-refractivity contribution in [3.8, 4) is 0 Å². The van der Waals surface area contributed by atoms with E-state index in [4.69, 9.17) is 11.6 Å². The van der Waals surface area contributed by atoms with Crippen LogP contribution in [-0.4, -0.2) is 19.4 Å². The first-order chi connectivity index (χ1) is 9.00. The standard InChI is InChI=1S/C13H19ClN2O2S/c1-10-5-3-2-4-6-12(10)16-19(17,18)13-9-15-8-7-11(13)14/h7-10,12,16H,2-6H2,1H3. The van der Waals surface area contributed by atoms with E-state index in [-0.39, 0.29) is 16.0 Å². The zero-order chi connectivity index (χ0) is 13.9. The van der Waals surface area contributed by atoms with Crippen molar-refractivity contribution in [1.29, 1.82) is 0 Å². The number of nitrogens with one attached hydrogen (secondary N) is 1. The quantitative estimate of drug-likeness (QED) is 0.873. The molecule has 6 heteroatoms. The lowest BCUT2D eigenvalue weighted by Gasteiger charge is -2.22. The van der Waals surface area contributed by atoms with Crippen LogP contribution in [0, 0.1) is 5.92 Å². The first-order valence-corrected chi connectivity index (χ1v) is 8.48. The highest BCUT2D eigenvalue weighted by atomic mass is 35.5. The Kier molecular flexibility index (Phi) is 4.81. The van der Waals surface area contributed by atoms with Gasteiger partial charge in [0.2, 0.25) is 10.0 Å². The van der Waals surface area contributed by atoms with Crippen LogP contribution in [0.2, 0.25) is 5.02 Å². The van der Waals surface area contributed by atoms with Crippen molar-refractivity contribution in [2.45, 2.75) is 50.0 Å². The minimum Gasteiger partial charge on any atom is -0.263 e. The second-order valence-corrected chi connectivity index (χ2v) is 7.24. The maximum Gasteiger partial charge on any atom is 0.243 e. The summed E-state index contributed by atoms with van der Waals surface area (Å²) < 4.78 is 27.5. The zero-order valence-corrected chi connectivity index (χ0v) is 12.5. The second-order valence-electron chi connectivity index (χ2n) is 5.15. The number of hydrogen-bond donors (Lipinski definition) is 1. The van der Waals surface area contributed by atoms with Crippen LogP contribution in [0.1, 0.15) is 39.0 Å². The number of nitrogens with zero attached hydrogens (tertiary/aromatic N) is 1. The number of sulfonamides is 1. The third kappa shape index (κ3) is 3.68. The third-order valence-electron chi connectivity index (χ3n) is 3.69. The van der Waals surface area contributed by atoms with Crippen molar-refractivity contribution >= 4 is 21.6 Å². The van der Waals surface area contributed by atoms with Gasteiger partial charge in [-0.3, -0.25) is 4.98 Å². The van der Waals surface area contributed by atoms with E-state index in [1.165, 1.54) is 31.3 Å². The molecule has 1 fully saturated rings. The van der Waals surface area contributed by atoms with E-state index < -0.39 is 10.0 Å². The van der Waals surface area contributed by atoms with Gasteiger partial charge < -0.3 is 0 Å². The maximum absolute atomic E-state index is 12.3. The molecule has 1 saturated carbocycles. The van der Waals surface area contributed by atoms with Crippen molar-refractivity contribution < 1.29 is 8.42 Å². The lowest BCUT2D eigenvalue weighted by atomic mass is 9.98. The van der Waals surface area contributed by atoms with E-state index >= 15 is 0 Å². The average molecular weight is 303 g/mol. The summed E-state index contributed by atoms with van der Waals surface area (Å²) in [7, 11) is -3.58. The first kappa shape index (κ1) is 14.8. The van der Waals surface area contributed by atoms with Crippen LogP contribution in [0.4, 0.5) is 0 Å². The predicted octanol–water partition coefficient (Wildman–Crippen LogP) is 2.98. The molecule has 1 aromatic heterocycles. The second kappa shape index (κ2) is 6.20. The molecule has 4 nitrogen and oxygen atoms in total. The summed E-state index contributed by atoms with van der Waals surface area (Å²) in [4.78, 5) is 3.90. The summed E-state index contributed by atoms with van der Waals surface area (Å²) in [6.45, 7) is 2.10. The lowest BCUT2D eigenvalue weighted by Crippen LogP contribution is -2.38. The lowest BCUT2D eigenvalue weighted by molar-refractivity contribution is 0.399. The fraction of sp³-hybridized carbons (Fsp3) is 0.615. The van der Waals surface area contributed by atoms with Gasteiger partial charge in [0.05, 0.1) is 5.02 Å². The molecule has 106 valence electrons. The van der Waals surface area contributed by atoms with Gasteiger partial charge in [0.1, 0.15) is 4.90 Å². The fourth-order valence-corrected chi connectivity index (χ4v) is 4.30. The number of hydrogen-bond acceptors (Lipinski definition) is 3. The summed E-state index contributed by atoms with van der Waals surface area (Å²) in [5, 5.41) is 0.212. The molecule has 0 saturated heterocycles. The Hall–Kier alpha value is -0.650. The minimum absolute atomic E-state index is 0.0104. The molecule has 0 bridgehead atoms. The Bertz CT molecular complexity index is 533. The van der Waals surface area contributed by atoms with Crippen molar-refractivity contribution in [1.82, 2.24) is 9.71 Å². The molecule has 1 aromatic rings. The maximum atomic E-state index is 12.3. The molecule has 1 N–H and O–H groups in total. The number of halogens is 1. The summed E-state index contributed by atoms with van der Waals surface area (Å²) in [5.41, 5.74) is 0. The Morgan fingerprint density at radius 1 is 1.32 bits per heavy atom. The molecule has 1 aliphatic rings. The minimum atomic E-state index is -3.58. The highest BCUT2D eigenvalue weighted by molar-refractivity contribution is 7.89. The molecule has 2 atom stereocenters. The molecule has 0 spiro atoms. The summed E-state index contributed by atoms with van der Waals surface area (Å²) in [5.74, 6) is 0.354. The van der Waals surface area contributed by atoms with Crippen LogP contribution in [0.3, 0.4) is 0 Å². The van der Waals surface area contributed by atoms with Gasteiger partial charge in [0, 0.05) is 18.4 Å². The van der Waals surface area contributed by atoms with Crippen LogP contribution < -0.4 is 4.72 Å². The first-order valence-electron chi connectivity index (χ1n) is 6.62. The van der Waals surface area contributed by atoms with Crippen LogP contribution >= 0.6 is 11.6 Å². The van der Waals surface area contributed by atoms with E-state index in [0.29, 0.717) is 5.92 Å². The van der Waals surface area contributed by atoms with Gasteiger partial charge in [-0.2, -0.15) is 0 Å². The van der Waals surface area contributed by atoms with Gasteiger partial charge in [-0.05, 0) is 24.8 Å². The van der Waals surface area contributed by atoms with E-state index in [0.717, 1.165) is 19.3 Å². The summed E-state index contributed by atoms with van der Waals surface area (Å²) in [6.07, 6.45) is 8.15. The molecule has 1 aliphatic carbocycles. The van der Waals surface area contributed by atoms with Gasteiger partial charge in [-0.15, -0.1) is 0 Å². The molecule has 0 amide bonds. The highest BCUT2D eigenvalue weighted by Gasteiger charge is 2.27. The molecule has 0 radical (unpaired) electrons. The van der Waals surface area contributed by atoms with Crippen LogP contribution in [0.15, 0.2) is 23.4 Å². The monoisotopic (exact) mass is 302 g/mol. The van der Waals surface area contributed by atoms with Crippen LogP contribution in [0.25, 0.3) is 0 Å². The van der Waals surface area contributed by atoms with Gasteiger partial charge in [-0.25, -0.2) is 13.1 Å². The molecule has 19 heavy (non-hydrogen) atoms. The van der Waals surface area contributed by atoms with Gasteiger partial charge in [0.25, 0.3) is 0 Å². The molecule has 0 aromatic carbocycles. The zero-order valence-electron chi connectivity index (χ0n) is 11.0. The smallest absolute Gasteiger partial charge is 0.243 e. The summed E-state index contributed by atoms with van der Waals surface area (Å²) in [6, 6.07) is 1.48. The topological polar surface area (TPSA) is 59.1 Å².